The molecule has 1 aliphatic rings. The van der Waals surface area contributed by atoms with E-state index in [1.807, 2.05) is 0 Å². The third-order valence-electron chi connectivity index (χ3n) is 4.12. The van der Waals surface area contributed by atoms with Crippen LogP contribution in [0.15, 0.2) is 10.4 Å². The van der Waals surface area contributed by atoms with Crippen molar-refractivity contribution >= 4 is 47.2 Å². The number of nitrogens with one attached hydrogen (secondary N) is 2. The molecule has 0 spiro atoms. The number of carbonyl (C=O) groups is 1. The maximum Gasteiger partial charge on any atom is 0.434 e. The molecule has 1 unspecified atom stereocenters. The molecule has 0 radical (unpaired) electrons. The van der Waals surface area contributed by atoms with E-state index in [-0.39, 0.29) is 42.5 Å². The molecule has 1 aromatic rings. The van der Waals surface area contributed by atoms with E-state index in [0.29, 0.717) is 30.5 Å². The maximum atomic E-state index is 12.6. The van der Waals surface area contributed by atoms with Gasteiger partial charge in [0.2, 0.25) is 5.91 Å². The van der Waals surface area contributed by atoms with E-state index in [1.165, 1.54) is 4.90 Å². The van der Waals surface area contributed by atoms with E-state index in [1.54, 1.807) is 14.1 Å². The number of hydrogen-bond acceptors (Lipinski definition) is 5. The molecule has 12 heteroatoms. The van der Waals surface area contributed by atoms with Crippen LogP contribution in [-0.4, -0.2) is 68.2 Å². The molecule has 1 amide bonds. The highest BCUT2D eigenvalue weighted by Gasteiger charge is 2.33. The second kappa shape index (κ2) is 12.5. The fraction of sp³-hybridized carbons (Fsp3) is 0.706. The zero-order chi connectivity index (χ0) is 20.6. The summed E-state index contributed by atoms with van der Waals surface area (Å²) in [5.74, 6) is 0.279. The molecule has 1 atom stereocenters. The van der Waals surface area contributed by atoms with Crippen LogP contribution in [0.1, 0.15) is 30.0 Å². The lowest BCUT2D eigenvalue weighted by Gasteiger charge is -2.24. The Morgan fingerprint density at radius 2 is 2.14 bits per heavy atom. The van der Waals surface area contributed by atoms with Gasteiger partial charge in [-0.25, -0.2) is 9.98 Å². The molecule has 1 aromatic heterocycles. The highest BCUT2D eigenvalue weighted by Crippen LogP contribution is 2.29. The van der Waals surface area contributed by atoms with Crippen LogP contribution in [0.2, 0.25) is 0 Å². The van der Waals surface area contributed by atoms with Crippen LogP contribution in [-0.2, 0) is 22.1 Å². The van der Waals surface area contributed by atoms with Crippen LogP contribution in [0, 0.1) is 0 Å². The van der Waals surface area contributed by atoms with Gasteiger partial charge in [0.05, 0.1) is 11.1 Å². The average molecular weight is 549 g/mol. The van der Waals surface area contributed by atoms with Crippen molar-refractivity contribution in [1.29, 1.82) is 0 Å². The van der Waals surface area contributed by atoms with Gasteiger partial charge in [0, 0.05) is 45.6 Å². The Morgan fingerprint density at radius 3 is 2.72 bits per heavy atom. The predicted octanol–water partition coefficient (Wildman–Crippen LogP) is 2.51. The predicted molar refractivity (Wildman–Crippen MR) is 117 cm³/mol. The van der Waals surface area contributed by atoms with E-state index >= 15 is 0 Å². The van der Waals surface area contributed by atoms with Gasteiger partial charge in [0.1, 0.15) is 6.54 Å². The summed E-state index contributed by atoms with van der Waals surface area (Å²) in [4.78, 5) is 21.1. The standard InChI is InChI=1S/C17H26F3N5O2S.HI/c1-25(2)15(26)10-23-16(22-9-12-5-3-4-8-27-12)21-7-6-14-24-13(11-28-14)17(18,19)20;/h11-12H,3-10H2,1-2H3,(H2,21,22,23);1H. The van der Waals surface area contributed by atoms with Crippen molar-refractivity contribution in [2.75, 3.05) is 40.3 Å². The van der Waals surface area contributed by atoms with E-state index in [2.05, 4.69) is 20.6 Å². The summed E-state index contributed by atoms with van der Waals surface area (Å²) in [6, 6.07) is 0. The fourth-order valence-corrected chi connectivity index (χ4v) is 3.29. The van der Waals surface area contributed by atoms with Crippen LogP contribution in [0.25, 0.3) is 0 Å². The van der Waals surface area contributed by atoms with Gasteiger partial charge in [-0.1, -0.05) is 0 Å². The quantitative estimate of drug-likeness (QED) is 0.311. The van der Waals surface area contributed by atoms with E-state index < -0.39 is 11.9 Å². The molecule has 166 valence electrons. The van der Waals surface area contributed by atoms with Crippen LogP contribution >= 0.6 is 35.3 Å². The molecule has 7 nitrogen and oxygen atoms in total. The summed E-state index contributed by atoms with van der Waals surface area (Å²) in [5.41, 5.74) is -0.870. The topological polar surface area (TPSA) is 78.9 Å². The molecule has 0 aliphatic carbocycles. The summed E-state index contributed by atoms with van der Waals surface area (Å²) >= 11 is 0.974. The van der Waals surface area contributed by atoms with E-state index in [4.69, 9.17) is 4.74 Å². The lowest BCUT2D eigenvalue weighted by atomic mass is 10.1. The Bertz CT molecular complexity index is 664. The zero-order valence-electron chi connectivity index (χ0n) is 16.4. The first-order valence-electron chi connectivity index (χ1n) is 9.11. The average Bonchev–Trinajstić information content (AvgIpc) is 3.13. The van der Waals surface area contributed by atoms with Gasteiger partial charge in [0.15, 0.2) is 11.7 Å². The van der Waals surface area contributed by atoms with Gasteiger partial charge in [-0.3, -0.25) is 4.79 Å². The molecular weight excluding hydrogens is 522 g/mol. The fourth-order valence-electron chi connectivity index (χ4n) is 2.49. The third-order valence-corrected chi connectivity index (χ3v) is 5.02. The summed E-state index contributed by atoms with van der Waals surface area (Å²) < 4.78 is 43.5. The van der Waals surface area contributed by atoms with Crippen LogP contribution in [0.5, 0.6) is 0 Å². The first-order chi connectivity index (χ1) is 13.3. The zero-order valence-corrected chi connectivity index (χ0v) is 19.6. The van der Waals surface area contributed by atoms with Gasteiger partial charge < -0.3 is 20.3 Å². The number of hydrogen-bond donors (Lipinski definition) is 2. The van der Waals surface area contributed by atoms with Gasteiger partial charge in [-0.15, -0.1) is 35.3 Å². The molecule has 2 heterocycles. The monoisotopic (exact) mass is 549 g/mol. The number of thiazole rings is 1. The first-order valence-corrected chi connectivity index (χ1v) is 9.99. The van der Waals surface area contributed by atoms with Gasteiger partial charge in [-0.05, 0) is 19.3 Å². The van der Waals surface area contributed by atoms with Crippen molar-refractivity contribution in [1.82, 2.24) is 20.5 Å². The number of ether oxygens (including phenoxy) is 1. The van der Waals surface area contributed by atoms with E-state index in [0.717, 1.165) is 42.6 Å². The van der Waals surface area contributed by atoms with E-state index in [9.17, 15) is 18.0 Å². The summed E-state index contributed by atoms with van der Waals surface area (Å²) in [6.07, 6.45) is -0.904. The van der Waals surface area contributed by atoms with Crippen molar-refractivity contribution in [2.24, 2.45) is 4.99 Å². The molecular formula is C17H27F3IN5O2S. The minimum absolute atomic E-state index is 0. The maximum absolute atomic E-state index is 12.6. The number of alkyl halides is 3. The number of halogens is 4. The normalized spacial score (nSPS) is 17.4. The smallest absolute Gasteiger partial charge is 0.376 e. The molecule has 0 bridgehead atoms. The van der Waals surface area contributed by atoms with Crippen LogP contribution in [0.4, 0.5) is 13.2 Å². The summed E-state index contributed by atoms with van der Waals surface area (Å²) in [5, 5.41) is 7.59. The second-order valence-corrected chi connectivity index (χ2v) is 7.57. The number of nitrogens with zero attached hydrogens (tertiary/aromatic N) is 3. The lowest BCUT2D eigenvalue weighted by Crippen LogP contribution is -2.43. The molecule has 1 saturated heterocycles. The number of carbonyl (C=O) groups excluding carboxylic acids is 1. The van der Waals surface area contributed by atoms with Crippen molar-refractivity contribution in [3.63, 3.8) is 0 Å². The number of rotatable bonds is 7. The minimum atomic E-state index is -4.43. The molecule has 1 fully saturated rings. The number of amides is 1. The third kappa shape index (κ3) is 9.47. The second-order valence-electron chi connectivity index (χ2n) is 6.62. The number of aliphatic imine (C=N–C) groups is 1. The molecule has 2 rings (SSSR count). The molecule has 0 aromatic carbocycles. The number of guanidine groups is 1. The first kappa shape index (κ1) is 25.9. The molecule has 0 saturated carbocycles. The largest absolute Gasteiger partial charge is 0.434 e. The molecule has 2 N–H and O–H groups in total. The number of aromatic nitrogens is 1. The Hall–Kier alpha value is -1.15. The van der Waals surface area contributed by atoms with Gasteiger partial charge in [0.25, 0.3) is 0 Å². The van der Waals surface area contributed by atoms with Crippen molar-refractivity contribution in [2.45, 2.75) is 38.0 Å². The van der Waals surface area contributed by atoms with Crippen molar-refractivity contribution in [3.05, 3.63) is 16.1 Å². The highest BCUT2D eigenvalue weighted by molar-refractivity contribution is 14.0. The Morgan fingerprint density at radius 1 is 1.38 bits per heavy atom. The van der Waals surface area contributed by atoms with Gasteiger partial charge in [-0.2, -0.15) is 13.2 Å². The Kier molecular flexibility index (Phi) is 11.2. The van der Waals surface area contributed by atoms with Crippen molar-refractivity contribution < 1.29 is 22.7 Å². The summed E-state index contributed by atoms with van der Waals surface area (Å²) in [7, 11) is 3.30. The lowest BCUT2D eigenvalue weighted by molar-refractivity contribution is -0.140. The van der Waals surface area contributed by atoms with Crippen molar-refractivity contribution in [3.8, 4) is 0 Å². The van der Waals surface area contributed by atoms with Crippen LogP contribution in [0.3, 0.4) is 0 Å². The molecule has 1 aliphatic heterocycles. The minimum Gasteiger partial charge on any atom is -0.376 e. The summed E-state index contributed by atoms with van der Waals surface area (Å²) in [6.45, 7) is 1.61. The van der Waals surface area contributed by atoms with Gasteiger partial charge >= 0.3 is 6.18 Å². The Balaban J connectivity index is 0.00000420. The number of likely N-dealkylation sites (N-methyl/N-ethyl adjacent to an activating group) is 1. The van der Waals surface area contributed by atoms with Crippen LogP contribution < -0.4 is 10.6 Å². The highest BCUT2D eigenvalue weighted by atomic mass is 127. The molecule has 29 heavy (non-hydrogen) atoms. The Labute approximate surface area is 189 Å². The SMILES string of the molecule is CN(C)C(=O)CN=C(NCCc1nc(C(F)(F)F)cs1)NCC1CCCCO1.I.